The second-order valence-electron chi connectivity index (χ2n) is 6.03. The molecule has 1 aromatic carbocycles. The first-order chi connectivity index (χ1) is 8.85. The van der Waals surface area contributed by atoms with Crippen molar-refractivity contribution in [2.24, 2.45) is 0 Å². The first-order valence-electron chi connectivity index (χ1n) is 6.70. The van der Waals surface area contributed by atoms with Crippen molar-refractivity contribution in [3.8, 4) is 0 Å². The molecule has 1 aliphatic rings. The molecule has 104 valence electrons. The Balaban J connectivity index is 2.15. The molecule has 2 N–H and O–H groups in total. The van der Waals surface area contributed by atoms with E-state index in [0.717, 1.165) is 30.6 Å². The summed E-state index contributed by atoms with van der Waals surface area (Å²) in [4.78, 5) is 13.9. The number of nitrogens with two attached hydrogens (primary N) is 1. The molecule has 0 saturated heterocycles. The van der Waals surface area contributed by atoms with Gasteiger partial charge < -0.3 is 15.4 Å². The molecule has 4 nitrogen and oxygen atoms in total. The highest BCUT2D eigenvalue weighted by Crippen LogP contribution is 2.22. The van der Waals surface area contributed by atoms with Gasteiger partial charge in [0.25, 0.3) is 0 Å². The zero-order valence-corrected chi connectivity index (χ0v) is 11.9. The topological polar surface area (TPSA) is 55.6 Å². The summed E-state index contributed by atoms with van der Waals surface area (Å²) >= 11 is 0. The zero-order valence-electron chi connectivity index (χ0n) is 11.9. The number of nitrogen functional groups attached to an aromatic ring is 1. The molecular weight excluding hydrogens is 240 g/mol. The maximum atomic E-state index is 12.1. The molecule has 0 bridgehead atoms. The normalized spacial score (nSPS) is 15.6. The Morgan fingerprint density at radius 1 is 1.32 bits per heavy atom. The number of anilines is 1. The van der Waals surface area contributed by atoms with Crippen LogP contribution in [-0.4, -0.2) is 23.1 Å². The first kappa shape index (κ1) is 13.7. The van der Waals surface area contributed by atoms with Crippen molar-refractivity contribution < 1.29 is 9.53 Å². The summed E-state index contributed by atoms with van der Waals surface area (Å²) in [6, 6.07) is 5.93. The summed E-state index contributed by atoms with van der Waals surface area (Å²) in [6.45, 7) is 6.96. The van der Waals surface area contributed by atoms with Crippen LogP contribution in [0.1, 0.15) is 38.3 Å². The van der Waals surface area contributed by atoms with Gasteiger partial charge in [0.1, 0.15) is 5.60 Å². The molecule has 1 aromatic rings. The predicted molar refractivity (Wildman–Crippen MR) is 75.8 cm³/mol. The fraction of sp³-hybridized carbons (Fsp3) is 0.533. The lowest BCUT2D eigenvalue weighted by atomic mass is 10.0. The highest BCUT2D eigenvalue weighted by Gasteiger charge is 2.24. The van der Waals surface area contributed by atoms with Crippen LogP contribution in [0, 0.1) is 0 Å². The standard InChI is InChI=1S/C15H22N2O2/c1-15(2,3)19-14(18)17-8-4-5-11-6-7-13(16)9-12(11)10-17/h6-7,9H,4-5,8,10,16H2,1-3H3. The molecule has 1 heterocycles. The Morgan fingerprint density at radius 3 is 2.74 bits per heavy atom. The number of aryl methyl sites for hydroxylation is 1. The zero-order chi connectivity index (χ0) is 14.0. The average molecular weight is 262 g/mol. The van der Waals surface area contributed by atoms with Crippen LogP contribution in [0.5, 0.6) is 0 Å². The van der Waals surface area contributed by atoms with Crippen LogP contribution >= 0.6 is 0 Å². The SMILES string of the molecule is CC(C)(C)OC(=O)N1CCCc2ccc(N)cc2C1. The highest BCUT2D eigenvalue weighted by molar-refractivity contribution is 5.68. The summed E-state index contributed by atoms with van der Waals surface area (Å²) in [7, 11) is 0. The minimum atomic E-state index is -0.456. The van der Waals surface area contributed by atoms with Gasteiger partial charge in [0.15, 0.2) is 0 Å². The van der Waals surface area contributed by atoms with E-state index < -0.39 is 5.60 Å². The van der Waals surface area contributed by atoms with Crippen LogP contribution in [0.4, 0.5) is 10.5 Å². The summed E-state index contributed by atoms with van der Waals surface area (Å²) in [5.74, 6) is 0. The van der Waals surface area contributed by atoms with Gasteiger partial charge in [0.05, 0.1) is 0 Å². The number of hydrogen-bond acceptors (Lipinski definition) is 3. The van der Waals surface area contributed by atoms with Crippen LogP contribution in [0.25, 0.3) is 0 Å². The Bertz CT molecular complexity index is 478. The number of nitrogens with zero attached hydrogens (tertiary/aromatic N) is 1. The Kier molecular flexibility index (Phi) is 3.69. The molecule has 0 unspecified atom stereocenters. The van der Waals surface area contributed by atoms with Crippen LogP contribution < -0.4 is 5.73 Å². The summed E-state index contributed by atoms with van der Waals surface area (Å²) in [5, 5.41) is 0. The van der Waals surface area contributed by atoms with Crippen molar-refractivity contribution in [2.45, 2.75) is 45.8 Å². The van der Waals surface area contributed by atoms with Crippen molar-refractivity contribution in [3.63, 3.8) is 0 Å². The number of ether oxygens (including phenoxy) is 1. The van der Waals surface area contributed by atoms with Crippen molar-refractivity contribution in [3.05, 3.63) is 29.3 Å². The third-order valence-corrected chi connectivity index (χ3v) is 3.12. The number of rotatable bonds is 0. The van der Waals surface area contributed by atoms with Crippen LogP contribution in [0.3, 0.4) is 0 Å². The number of hydrogen-bond donors (Lipinski definition) is 1. The van der Waals surface area contributed by atoms with E-state index in [0.29, 0.717) is 6.54 Å². The molecule has 0 radical (unpaired) electrons. The van der Waals surface area contributed by atoms with Crippen molar-refractivity contribution >= 4 is 11.8 Å². The fourth-order valence-corrected chi connectivity index (χ4v) is 2.26. The molecule has 0 saturated carbocycles. The minimum Gasteiger partial charge on any atom is -0.444 e. The highest BCUT2D eigenvalue weighted by atomic mass is 16.6. The largest absolute Gasteiger partial charge is 0.444 e. The van der Waals surface area contributed by atoms with E-state index in [-0.39, 0.29) is 6.09 Å². The number of fused-ring (bicyclic) bond motifs is 1. The van der Waals surface area contributed by atoms with Crippen LogP contribution in [0.15, 0.2) is 18.2 Å². The summed E-state index contributed by atoms with van der Waals surface area (Å²) in [5.41, 5.74) is 8.51. The smallest absolute Gasteiger partial charge is 0.410 e. The maximum absolute atomic E-state index is 12.1. The number of carbonyl (C=O) groups excluding carboxylic acids is 1. The second kappa shape index (κ2) is 5.11. The molecule has 0 atom stereocenters. The molecule has 0 aliphatic carbocycles. The lowest BCUT2D eigenvalue weighted by Gasteiger charge is -2.26. The fourth-order valence-electron chi connectivity index (χ4n) is 2.26. The van der Waals surface area contributed by atoms with Crippen LogP contribution in [0.2, 0.25) is 0 Å². The van der Waals surface area contributed by atoms with Gasteiger partial charge in [-0.1, -0.05) is 6.07 Å². The van der Waals surface area contributed by atoms with Gasteiger partial charge in [-0.2, -0.15) is 0 Å². The summed E-state index contributed by atoms with van der Waals surface area (Å²) < 4.78 is 5.43. The van der Waals surface area contributed by atoms with E-state index in [1.165, 1.54) is 5.56 Å². The van der Waals surface area contributed by atoms with Gasteiger partial charge in [0, 0.05) is 18.8 Å². The molecule has 2 rings (SSSR count). The molecule has 0 spiro atoms. The van der Waals surface area contributed by atoms with E-state index in [1.807, 2.05) is 32.9 Å². The third-order valence-electron chi connectivity index (χ3n) is 3.12. The maximum Gasteiger partial charge on any atom is 0.410 e. The van der Waals surface area contributed by atoms with E-state index in [1.54, 1.807) is 4.90 Å². The van der Waals surface area contributed by atoms with E-state index in [9.17, 15) is 4.79 Å². The van der Waals surface area contributed by atoms with Gasteiger partial charge in [-0.15, -0.1) is 0 Å². The monoisotopic (exact) mass is 262 g/mol. The Morgan fingerprint density at radius 2 is 2.05 bits per heavy atom. The van der Waals surface area contributed by atoms with Gasteiger partial charge in [-0.05, 0) is 56.9 Å². The average Bonchev–Trinajstić information content (AvgIpc) is 2.48. The number of carbonyl (C=O) groups is 1. The lowest BCUT2D eigenvalue weighted by Crippen LogP contribution is -2.36. The molecule has 1 amide bonds. The van der Waals surface area contributed by atoms with E-state index in [4.69, 9.17) is 10.5 Å². The van der Waals surface area contributed by atoms with Crippen molar-refractivity contribution in [1.29, 1.82) is 0 Å². The Labute approximate surface area is 114 Å². The van der Waals surface area contributed by atoms with Crippen molar-refractivity contribution in [2.75, 3.05) is 12.3 Å². The quantitative estimate of drug-likeness (QED) is 0.731. The minimum absolute atomic E-state index is 0.247. The summed E-state index contributed by atoms with van der Waals surface area (Å²) in [6.07, 6.45) is 1.69. The molecule has 1 aliphatic heterocycles. The number of benzene rings is 1. The molecule has 0 fully saturated rings. The van der Waals surface area contributed by atoms with E-state index in [2.05, 4.69) is 6.07 Å². The molecular formula is C15H22N2O2. The predicted octanol–water partition coefficient (Wildman–Crippen LogP) is 2.95. The van der Waals surface area contributed by atoms with Gasteiger partial charge >= 0.3 is 6.09 Å². The van der Waals surface area contributed by atoms with Gasteiger partial charge in [0.2, 0.25) is 0 Å². The number of amides is 1. The second-order valence-corrected chi connectivity index (χ2v) is 6.03. The van der Waals surface area contributed by atoms with Gasteiger partial charge in [-0.25, -0.2) is 4.79 Å². The van der Waals surface area contributed by atoms with Crippen LogP contribution in [-0.2, 0) is 17.7 Å². The molecule has 19 heavy (non-hydrogen) atoms. The first-order valence-corrected chi connectivity index (χ1v) is 6.70. The molecule has 0 aromatic heterocycles. The van der Waals surface area contributed by atoms with Crippen molar-refractivity contribution in [1.82, 2.24) is 4.90 Å². The third kappa shape index (κ3) is 3.63. The van der Waals surface area contributed by atoms with E-state index >= 15 is 0 Å². The van der Waals surface area contributed by atoms with Gasteiger partial charge in [-0.3, -0.25) is 0 Å². The Hall–Kier alpha value is -1.71. The lowest BCUT2D eigenvalue weighted by molar-refractivity contribution is 0.0237. The molecule has 4 heteroatoms.